The highest BCUT2D eigenvalue weighted by atomic mass is 16.5. The summed E-state index contributed by atoms with van der Waals surface area (Å²) in [4.78, 5) is 30.4. The molecule has 0 saturated carbocycles. The van der Waals surface area contributed by atoms with Gasteiger partial charge in [-0.2, -0.15) is 0 Å². The zero-order valence-corrected chi connectivity index (χ0v) is 14.6. The molecule has 2 rings (SSSR count). The molecule has 1 atom stereocenters. The van der Waals surface area contributed by atoms with Crippen LogP contribution < -0.4 is 5.32 Å². The van der Waals surface area contributed by atoms with Gasteiger partial charge in [0, 0.05) is 39.5 Å². The van der Waals surface area contributed by atoms with E-state index >= 15 is 0 Å². The number of carbonyl (C=O) groups is 2. The fourth-order valence-corrected chi connectivity index (χ4v) is 2.76. The van der Waals surface area contributed by atoms with Crippen molar-refractivity contribution < 1.29 is 19.1 Å². The summed E-state index contributed by atoms with van der Waals surface area (Å²) < 4.78 is 12.1. The molecule has 0 aromatic carbocycles. The Morgan fingerprint density at radius 2 is 2.21 bits per heavy atom. The summed E-state index contributed by atoms with van der Waals surface area (Å²) in [5.41, 5.74) is 0.714. The summed E-state index contributed by atoms with van der Waals surface area (Å²) in [5.74, 6) is 0.697. The number of rotatable bonds is 8. The molecule has 0 aliphatic carbocycles. The molecule has 1 aliphatic heterocycles. The van der Waals surface area contributed by atoms with Gasteiger partial charge in [0.05, 0.1) is 24.8 Å². The third-order valence-corrected chi connectivity index (χ3v) is 4.00. The molecule has 8 nitrogen and oxygen atoms in total. The quantitative estimate of drug-likeness (QED) is 0.681. The van der Waals surface area contributed by atoms with E-state index < -0.39 is 0 Å². The normalized spacial score (nSPS) is 16.8. The molecule has 8 heteroatoms. The average molecular weight is 338 g/mol. The molecular formula is C16H26N4O4. The maximum Gasteiger partial charge on any atom is 0.249 e. The lowest BCUT2D eigenvalue weighted by molar-refractivity contribution is -0.139. The lowest BCUT2D eigenvalue weighted by Gasteiger charge is -2.33. The Labute approximate surface area is 142 Å². The monoisotopic (exact) mass is 338 g/mol. The SMILES string of the molecule is CCOCC(=O)N1CCn2cc(CC(=O)NCCOC)nc2[C@H]1C. The summed E-state index contributed by atoms with van der Waals surface area (Å²) in [6.07, 6.45) is 2.12. The number of ether oxygens (including phenoxy) is 2. The number of hydrogen-bond acceptors (Lipinski definition) is 5. The summed E-state index contributed by atoms with van der Waals surface area (Å²) >= 11 is 0. The predicted molar refractivity (Wildman–Crippen MR) is 87.4 cm³/mol. The van der Waals surface area contributed by atoms with E-state index in [2.05, 4.69) is 10.3 Å². The van der Waals surface area contributed by atoms with Gasteiger partial charge in [0.15, 0.2) is 0 Å². The van der Waals surface area contributed by atoms with Gasteiger partial charge in [0.25, 0.3) is 0 Å². The number of methoxy groups -OCH3 is 1. The highest BCUT2D eigenvalue weighted by Crippen LogP contribution is 2.24. The Bertz CT molecular complexity index is 572. The zero-order chi connectivity index (χ0) is 17.5. The predicted octanol–water partition coefficient (Wildman–Crippen LogP) is 0.128. The first-order valence-corrected chi connectivity index (χ1v) is 8.25. The Morgan fingerprint density at radius 1 is 1.42 bits per heavy atom. The van der Waals surface area contributed by atoms with E-state index in [4.69, 9.17) is 9.47 Å². The number of imidazole rings is 1. The van der Waals surface area contributed by atoms with Crippen LogP contribution in [0.3, 0.4) is 0 Å². The number of hydrogen-bond donors (Lipinski definition) is 1. The summed E-state index contributed by atoms with van der Waals surface area (Å²) in [7, 11) is 1.59. The van der Waals surface area contributed by atoms with Gasteiger partial charge in [0.1, 0.15) is 12.4 Å². The van der Waals surface area contributed by atoms with E-state index in [0.29, 0.717) is 38.5 Å². The van der Waals surface area contributed by atoms with Gasteiger partial charge in [0.2, 0.25) is 11.8 Å². The number of nitrogens with one attached hydrogen (secondary N) is 1. The third kappa shape index (κ3) is 4.55. The van der Waals surface area contributed by atoms with Crippen LogP contribution in [0.4, 0.5) is 0 Å². The van der Waals surface area contributed by atoms with Crippen molar-refractivity contribution in [3.8, 4) is 0 Å². The second-order valence-electron chi connectivity index (χ2n) is 5.70. The number of fused-ring (bicyclic) bond motifs is 1. The highest BCUT2D eigenvalue weighted by molar-refractivity contribution is 5.78. The van der Waals surface area contributed by atoms with Gasteiger partial charge in [-0.25, -0.2) is 4.98 Å². The largest absolute Gasteiger partial charge is 0.383 e. The van der Waals surface area contributed by atoms with Crippen molar-refractivity contribution in [1.82, 2.24) is 19.8 Å². The maximum atomic E-state index is 12.2. The fourth-order valence-electron chi connectivity index (χ4n) is 2.76. The van der Waals surface area contributed by atoms with E-state index in [-0.39, 0.29) is 30.9 Å². The summed E-state index contributed by atoms with van der Waals surface area (Å²) in [5, 5.41) is 2.78. The van der Waals surface area contributed by atoms with Gasteiger partial charge >= 0.3 is 0 Å². The molecule has 0 unspecified atom stereocenters. The molecule has 0 radical (unpaired) electrons. The Hall–Kier alpha value is -1.93. The number of nitrogens with zero attached hydrogens (tertiary/aromatic N) is 3. The molecule has 0 fully saturated rings. The van der Waals surface area contributed by atoms with Crippen LogP contribution in [0, 0.1) is 0 Å². The minimum absolute atomic E-state index is 0.0301. The average Bonchev–Trinajstić information content (AvgIpc) is 2.96. The first-order chi connectivity index (χ1) is 11.6. The second-order valence-corrected chi connectivity index (χ2v) is 5.70. The number of carbonyl (C=O) groups excluding carboxylic acids is 2. The molecule has 134 valence electrons. The minimum atomic E-state index is -0.128. The van der Waals surface area contributed by atoms with Gasteiger partial charge in [-0.1, -0.05) is 0 Å². The van der Waals surface area contributed by atoms with Gasteiger partial charge < -0.3 is 24.3 Å². The standard InChI is InChI=1S/C16H26N4O4/c1-4-24-11-15(22)20-7-6-19-10-13(18-16(19)12(20)2)9-14(21)17-5-8-23-3/h10,12H,4-9,11H2,1-3H3,(H,17,21)/t12-/m1/s1. The third-order valence-electron chi connectivity index (χ3n) is 4.00. The van der Waals surface area contributed by atoms with Gasteiger partial charge in [-0.3, -0.25) is 9.59 Å². The molecule has 2 heterocycles. The molecule has 1 N–H and O–H groups in total. The lowest BCUT2D eigenvalue weighted by atomic mass is 10.2. The van der Waals surface area contributed by atoms with Crippen LogP contribution in [0.25, 0.3) is 0 Å². The van der Waals surface area contributed by atoms with E-state index in [1.807, 2.05) is 24.6 Å². The smallest absolute Gasteiger partial charge is 0.249 e. The Balaban J connectivity index is 1.97. The summed E-state index contributed by atoms with van der Waals surface area (Å²) in [6, 6.07) is -0.128. The molecule has 0 bridgehead atoms. The molecule has 1 aromatic heterocycles. The second kappa shape index (κ2) is 8.79. The van der Waals surface area contributed by atoms with Crippen molar-refractivity contribution in [3.63, 3.8) is 0 Å². The van der Waals surface area contributed by atoms with Crippen LogP contribution in [0.5, 0.6) is 0 Å². The van der Waals surface area contributed by atoms with Gasteiger partial charge in [-0.05, 0) is 13.8 Å². The molecular weight excluding hydrogens is 312 g/mol. The van der Waals surface area contributed by atoms with Crippen LogP contribution in [0.2, 0.25) is 0 Å². The summed E-state index contributed by atoms with van der Waals surface area (Å²) in [6.45, 7) is 6.69. The van der Waals surface area contributed by atoms with E-state index in [0.717, 1.165) is 5.82 Å². The molecule has 1 aromatic rings. The number of amides is 2. The van der Waals surface area contributed by atoms with E-state index in [1.54, 1.807) is 12.0 Å². The van der Waals surface area contributed by atoms with Crippen LogP contribution in [0.1, 0.15) is 31.4 Å². The van der Waals surface area contributed by atoms with Crippen molar-refractivity contribution in [2.75, 3.05) is 40.0 Å². The number of aromatic nitrogens is 2. The fraction of sp³-hybridized carbons (Fsp3) is 0.688. The molecule has 24 heavy (non-hydrogen) atoms. The van der Waals surface area contributed by atoms with Crippen LogP contribution in [-0.2, 0) is 32.0 Å². The first-order valence-electron chi connectivity index (χ1n) is 8.25. The van der Waals surface area contributed by atoms with Crippen molar-refractivity contribution >= 4 is 11.8 Å². The van der Waals surface area contributed by atoms with Crippen molar-refractivity contribution in [2.45, 2.75) is 32.9 Å². The van der Waals surface area contributed by atoms with E-state index in [9.17, 15) is 9.59 Å². The van der Waals surface area contributed by atoms with E-state index in [1.165, 1.54) is 0 Å². The minimum Gasteiger partial charge on any atom is -0.383 e. The van der Waals surface area contributed by atoms with Crippen molar-refractivity contribution in [3.05, 3.63) is 17.7 Å². The topological polar surface area (TPSA) is 85.7 Å². The molecule has 0 spiro atoms. The maximum absolute atomic E-state index is 12.2. The molecule has 0 saturated heterocycles. The lowest BCUT2D eigenvalue weighted by Crippen LogP contribution is -2.42. The zero-order valence-electron chi connectivity index (χ0n) is 14.6. The van der Waals surface area contributed by atoms with Crippen LogP contribution >= 0.6 is 0 Å². The highest BCUT2D eigenvalue weighted by Gasteiger charge is 2.29. The Morgan fingerprint density at radius 3 is 2.92 bits per heavy atom. The van der Waals surface area contributed by atoms with Crippen LogP contribution in [0.15, 0.2) is 6.20 Å². The molecule has 1 aliphatic rings. The van der Waals surface area contributed by atoms with Crippen molar-refractivity contribution in [2.24, 2.45) is 0 Å². The Kier molecular flexibility index (Phi) is 6.74. The first kappa shape index (κ1) is 18.4. The van der Waals surface area contributed by atoms with Crippen LogP contribution in [-0.4, -0.2) is 66.3 Å². The van der Waals surface area contributed by atoms with Gasteiger partial charge in [-0.15, -0.1) is 0 Å². The molecule has 2 amide bonds. The van der Waals surface area contributed by atoms with Crippen molar-refractivity contribution in [1.29, 1.82) is 0 Å².